The van der Waals surface area contributed by atoms with Gasteiger partial charge >= 0.3 is 0 Å². The molecule has 98 valence electrons. The fraction of sp³-hybridized carbons (Fsp3) is 0.857. The Hall–Kier alpha value is -0.900. The summed E-state index contributed by atoms with van der Waals surface area (Å²) < 4.78 is 5.33. The maximum atomic E-state index is 5.82. The van der Waals surface area contributed by atoms with Crippen molar-refractivity contribution >= 4 is 0 Å². The SMILES string of the molecule is C[C@@H](N)c1nc(C23CC4CC(CC(C4)C2)C3)no1. The molecule has 0 aliphatic heterocycles. The molecule has 0 unspecified atom stereocenters. The van der Waals surface area contributed by atoms with Crippen LogP contribution in [0.25, 0.3) is 0 Å². The molecule has 2 N–H and O–H groups in total. The van der Waals surface area contributed by atoms with E-state index in [1.165, 1.54) is 38.5 Å². The molecule has 4 nitrogen and oxygen atoms in total. The van der Waals surface area contributed by atoms with Crippen LogP contribution in [0.5, 0.6) is 0 Å². The molecule has 4 heteroatoms. The molecule has 4 aliphatic rings. The summed E-state index contributed by atoms with van der Waals surface area (Å²) in [5, 5.41) is 4.26. The summed E-state index contributed by atoms with van der Waals surface area (Å²) in [5.41, 5.74) is 6.05. The molecule has 4 fully saturated rings. The van der Waals surface area contributed by atoms with Gasteiger partial charge in [-0.2, -0.15) is 4.98 Å². The number of aromatic nitrogens is 2. The standard InChI is InChI=1S/C14H21N3O/c1-8(15)12-16-13(17-18-12)14-5-9-2-10(6-14)4-11(3-9)7-14/h8-11H,2-7,15H2,1H3/t8-,9?,10?,11?,14?/m1/s1. The molecular weight excluding hydrogens is 226 g/mol. The zero-order chi connectivity index (χ0) is 12.3. The molecule has 0 amide bonds. The molecule has 4 aliphatic carbocycles. The molecule has 1 heterocycles. The molecule has 0 saturated heterocycles. The first-order chi connectivity index (χ1) is 8.64. The summed E-state index contributed by atoms with van der Waals surface area (Å²) in [4.78, 5) is 4.60. The van der Waals surface area contributed by atoms with E-state index in [2.05, 4.69) is 10.1 Å². The van der Waals surface area contributed by atoms with Crippen LogP contribution >= 0.6 is 0 Å². The number of nitrogens with zero attached hydrogens (tertiary/aromatic N) is 2. The number of nitrogens with two attached hydrogens (primary N) is 1. The van der Waals surface area contributed by atoms with Crippen LogP contribution in [0.2, 0.25) is 0 Å². The van der Waals surface area contributed by atoms with Crippen LogP contribution in [0.15, 0.2) is 4.52 Å². The summed E-state index contributed by atoms with van der Waals surface area (Å²) in [6, 6.07) is -0.153. The highest BCUT2D eigenvalue weighted by atomic mass is 16.5. The summed E-state index contributed by atoms with van der Waals surface area (Å²) >= 11 is 0. The third-order valence-electron chi connectivity index (χ3n) is 5.34. The van der Waals surface area contributed by atoms with Gasteiger partial charge in [0.1, 0.15) is 0 Å². The van der Waals surface area contributed by atoms with Gasteiger partial charge in [0, 0.05) is 5.41 Å². The third kappa shape index (κ3) is 1.48. The van der Waals surface area contributed by atoms with Gasteiger partial charge < -0.3 is 10.3 Å². The number of rotatable bonds is 2. The van der Waals surface area contributed by atoms with Crippen molar-refractivity contribution in [2.45, 2.75) is 56.9 Å². The predicted molar refractivity (Wildman–Crippen MR) is 66.8 cm³/mol. The predicted octanol–water partition coefficient (Wildman–Crippen LogP) is 2.56. The van der Waals surface area contributed by atoms with Crippen molar-refractivity contribution in [3.63, 3.8) is 0 Å². The van der Waals surface area contributed by atoms with Crippen molar-refractivity contribution in [2.24, 2.45) is 23.5 Å². The van der Waals surface area contributed by atoms with Gasteiger partial charge in [-0.05, 0) is 63.2 Å². The highest BCUT2D eigenvalue weighted by Gasteiger charge is 2.53. The molecule has 1 aromatic heterocycles. The summed E-state index contributed by atoms with van der Waals surface area (Å²) in [6.45, 7) is 1.90. The topological polar surface area (TPSA) is 64.9 Å². The van der Waals surface area contributed by atoms with Crippen molar-refractivity contribution < 1.29 is 4.52 Å². The average Bonchev–Trinajstić information content (AvgIpc) is 2.76. The fourth-order valence-electron chi connectivity index (χ4n) is 5.02. The number of hydrogen-bond acceptors (Lipinski definition) is 4. The van der Waals surface area contributed by atoms with Crippen LogP contribution in [-0.2, 0) is 5.41 Å². The molecule has 1 atom stereocenters. The van der Waals surface area contributed by atoms with Gasteiger partial charge in [0.25, 0.3) is 0 Å². The second kappa shape index (κ2) is 3.56. The molecule has 0 spiro atoms. The van der Waals surface area contributed by atoms with E-state index in [9.17, 15) is 0 Å². The van der Waals surface area contributed by atoms with E-state index in [4.69, 9.17) is 10.3 Å². The monoisotopic (exact) mass is 247 g/mol. The minimum Gasteiger partial charge on any atom is -0.338 e. The van der Waals surface area contributed by atoms with Crippen LogP contribution in [-0.4, -0.2) is 10.1 Å². The van der Waals surface area contributed by atoms with Gasteiger partial charge in [-0.1, -0.05) is 5.16 Å². The van der Waals surface area contributed by atoms with Crippen LogP contribution in [0.3, 0.4) is 0 Å². The van der Waals surface area contributed by atoms with Crippen LogP contribution in [0.4, 0.5) is 0 Å². The lowest BCUT2D eigenvalue weighted by molar-refractivity contribution is -0.0103. The van der Waals surface area contributed by atoms with Crippen LogP contribution in [0.1, 0.15) is 63.2 Å². The minimum atomic E-state index is -0.153. The second-order valence-electron chi connectivity index (χ2n) is 6.94. The lowest BCUT2D eigenvalue weighted by Gasteiger charge is -2.55. The third-order valence-corrected chi connectivity index (χ3v) is 5.34. The minimum absolute atomic E-state index is 0.153. The Kier molecular flexibility index (Phi) is 2.17. The van der Waals surface area contributed by atoms with Gasteiger partial charge in [-0.3, -0.25) is 0 Å². The maximum absolute atomic E-state index is 5.82. The van der Waals surface area contributed by atoms with Crippen molar-refractivity contribution in [3.05, 3.63) is 11.7 Å². The van der Waals surface area contributed by atoms with E-state index in [0.29, 0.717) is 5.89 Å². The lowest BCUT2D eigenvalue weighted by Crippen LogP contribution is -2.49. The molecule has 5 rings (SSSR count). The molecule has 18 heavy (non-hydrogen) atoms. The van der Waals surface area contributed by atoms with E-state index in [1.807, 2.05) is 6.92 Å². The van der Waals surface area contributed by atoms with Crippen LogP contribution < -0.4 is 5.73 Å². The Bertz CT molecular complexity index is 430. The summed E-state index contributed by atoms with van der Waals surface area (Å²) in [6.07, 6.45) is 8.15. The molecule has 1 aromatic rings. The van der Waals surface area contributed by atoms with Gasteiger partial charge in [0.2, 0.25) is 5.89 Å². The molecule has 4 bridgehead atoms. The van der Waals surface area contributed by atoms with Gasteiger partial charge in [-0.25, -0.2) is 0 Å². The summed E-state index contributed by atoms with van der Waals surface area (Å²) in [5.74, 6) is 4.28. The quantitative estimate of drug-likeness (QED) is 0.872. The van der Waals surface area contributed by atoms with Crippen molar-refractivity contribution in [2.75, 3.05) is 0 Å². The second-order valence-corrected chi connectivity index (χ2v) is 6.94. The molecule has 4 saturated carbocycles. The van der Waals surface area contributed by atoms with Gasteiger partial charge in [0.05, 0.1) is 6.04 Å². The first kappa shape index (κ1) is 11.0. The number of hydrogen-bond donors (Lipinski definition) is 1. The largest absolute Gasteiger partial charge is 0.338 e. The van der Waals surface area contributed by atoms with E-state index in [-0.39, 0.29) is 11.5 Å². The van der Waals surface area contributed by atoms with Crippen molar-refractivity contribution in [1.29, 1.82) is 0 Å². The molecule has 0 radical (unpaired) electrons. The Labute approximate surface area is 107 Å². The Morgan fingerprint density at radius 1 is 1.17 bits per heavy atom. The zero-order valence-electron chi connectivity index (χ0n) is 10.9. The highest BCUT2D eigenvalue weighted by Crippen LogP contribution is 2.60. The normalized spacial score (nSPS) is 43.3. The van der Waals surface area contributed by atoms with Gasteiger partial charge in [0.15, 0.2) is 5.82 Å². The van der Waals surface area contributed by atoms with Gasteiger partial charge in [-0.15, -0.1) is 0 Å². The maximum Gasteiger partial charge on any atom is 0.243 e. The molecule has 0 aromatic carbocycles. The molecular formula is C14H21N3O. The smallest absolute Gasteiger partial charge is 0.243 e. The Morgan fingerprint density at radius 2 is 1.72 bits per heavy atom. The highest BCUT2D eigenvalue weighted by molar-refractivity contribution is 5.16. The van der Waals surface area contributed by atoms with E-state index in [1.54, 1.807) is 0 Å². The Morgan fingerprint density at radius 3 is 2.17 bits per heavy atom. The lowest BCUT2D eigenvalue weighted by atomic mass is 9.49. The first-order valence-electron chi connectivity index (χ1n) is 7.24. The summed E-state index contributed by atoms with van der Waals surface area (Å²) in [7, 11) is 0. The van der Waals surface area contributed by atoms with E-state index < -0.39 is 0 Å². The van der Waals surface area contributed by atoms with E-state index >= 15 is 0 Å². The van der Waals surface area contributed by atoms with E-state index in [0.717, 1.165) is 23.6 Å². The average molecular weight is 247 g/mol. The fourth-order valence-corrected chi connectivity index (χ4v) is 5.02. The Balaban J connectivity index is 1.70. The zero-order valence-corrected chi connectivity index (χ0v) is 10.9. The van der Waals surface area contributed by atoms with Crippen molar-refractivity contribution in [1.82, 2.24) is 10.1 Å². The van der Waals surface area contributed by atoms with Crippen molar-refractivity contribution in [3.8, 4) is 0 Å². The first-order valence-corrected chi connectivity index (χ1v) is 7.24. The van der Waals surface area contributed by atoms with Crippen LogP contribution in [0, 0.1) is 17.8 Å².